The number of carbonyl (C=O) groups is 3. The number of aromatic nitrogens is 2. The van der Waals surface area contributed by atoms with E-state index in [4.69, 9.17) is 9.26 Å². The van der Waals surface area contributed by atoms with Crippen LogP contribution in [0.3, 0.4) is 0 Å². The zero-order valence-corrected chi connectivity index (χ0v) is 25.4. The van der Waals surface area contributed by atoms with E-state index in [-0.39, 0.29) is 34.6 Å². The summed E-state index contributed by atoms with van der Waals surface area (Å²) in [7, 11) is 0. The van der Waals surface area contributed by atoms with Crippen molar-refractivity contribution in [2.24, 2.45) is 5.92 Å². The lowest BCUT2D eigenvalue weighted by Gasteiger charge is -2.37. The van der Waals surface area contributed by atoms with E-state index in [0.29, 0.717) is 30.0 Å². The van der Waals surface area contributed by atoms with Crippen LogP contribution in [0, 0.1) is 5.92 Å². The fourth-order valence-corrected chi connectivity index (χ4v) is 5.97. The SMILES string of the molecule is CC(C)CC(NC(=O)C1(NC(=O)c2ccc(CN3CCOCC3)cc2)CCCCC1)C(=O)c1noc(SC(C)C)n1. The number of morpholine rings is 1. The van der Waals surface area contributed by atoms with Gasteiger partial charge in [-0.2, -0.15) is 4.98 Å². The highest BCUT2D eigenvalue weighted by Crippen LogP contribution is 2.30. The van der Waals surface area contributed by atoms with Gasteiger partial charge in [-0.15, -0.1) is 0 Å². The fourth-order valence-electron chi connectivity index (χ4n) is 5.35. The summed E-state index contributed by atoms with van der Waals surface area (Å²) < 4.78 is 10.7. The van der Waals surface area contributed by atoms with Crippen molar-refractivity contribution in [3.05, 3.63) is 41.2 Å². The van der Waals surface area contributed by atoms with Crippen molar-refractivity contribution in [2.75, 3.05) is 26.3 Å². The van der Waals surface area contributed by atoms with Crippen LogP contribution in [0.15, 0.2) is 34.0 Å². The lowest BCUT2D eigenvalue weighted by Crippen LogP contribution is -2.62. The van der Waals surface area contributed by atoms with Gasteiger partial charge in [0.15, 0.2) is 0 Å². The lowest BCUT2D eigenvalue weighted by atomic mass is 9.80. The van der Waals surface area contributed by atoms with Crippen LogP contribution in [0.4, 0.5) is 0 Å². The summed E-state index contributed by atoms with van der Waals surface area (Å²) in [5, 5.41) is 10.5. The molecule has 0 bridgehead atoms. The predicted octanol–water partition coefficient (Wildman–Crippen LogP) is 4.25. The molecule has 0 radical (unpaired) electrons. The van der Waals surface area contributed by atoms with E-state index >= 15 is 0 Å². The number of ketones is 1. The van der Waals surface area contributed by atoms with Crippen molar-refractivity contribution >= 4 is 29.4 Å². The zero-order chi connectivity index (χ0) is 29.4. The van der Waals surface area contributed by atoms with Crippen LogP contribution < -0.4 is 10.6 Å². The number of nitrogens with zero attached hydrogens (tertiary/aromatic N) is 3. The molecule has 11 heteroatoms. The molecule has 1 aliphatic heterocycles. The average molecular weight is 586 g/mol. The maximum absolute atomic E-state index is 13.9. The number of benzene rings is 1. The van der Waals surface area contributed by atoms with Gasteiger partial charge in [0.25, 0.3) is 11.1 Å². The first-order valence-electron chi connectivity index (χ1n) is 14.7. The van der Waals surface area contributed by atoms with Crippen LogP contribution in [-0.4, -0.2) is 75.8 Å². The molecular weight excluding hydrogens is 542 g/mol. The minimum atomic E-state index is -1.09. The molecule has 1 saturated heterocycles. The summed E-state index contributed by atoms with van der Waals surface area (Å²) in [6, 6.07) is 6.73. The maximum Gasteiger partial charge on any atom is 0.286 e. The third kappa shape index (κ3) is 8.62. The van der Waals surface area contributed by atoms with Crippen LogP contribution >= 0.6 is 11.8 Å². The first kappa shape index (κ1) is 31.2. The fraction of sp³-hybridized carbons (Fsp3) is 0.633. The van der Waals surface area contributed by atoms with E-state index in [0.717, 1.165) is 57.7 Å². The number of nitrogens with one attached hydrogen (secondary N) is 2. The second kappa shape index (κ2) is 14.4. The number of amides is 2. The highest BCUT2D eigenvalue weighted by molar-refractivity contribution is 7.99. The van der Waals surface area contributed by atoms with Crippen LogP contribution in [0.2, 0.25) is 0 Å². The van der Waals surface area contributed by atoms with Crippen molar-refractivity contribution in [1.82, 2.24) is 25.7 Å². The Labute approximate surface area is 246 Å². The number of carbonyl (C=O) groups excluding carboxylic acids is 3. The molecule has 0 spiro atoms. The van der Waals surface area contributed by atoms with Gasteiger partial charge in [0.1, 0.15) is 5.54 Å². The summed E-state index contributed by atoms with van der Waals surface area (Å²) in [5.41, 5.74) is 0.540. The third-order valence-corrected chi connectivity index (χ3v) is 8.35. The highest BCUT2D eigenvalue weighted by atomic mass is 32.2. The normalized spacial score (nSPS) is 18.3. The van der Waals surface area contributed by atoms with E-state index in [1.807, 2.05) is 52.0 Å². The molecule has 41 heavy (non-hydrogen) atoms. The van der Waals surface area contributed by atoms with E-state index in [9.17, 15) is 14.4 Å². The number of hydrogen-bond donors (Lipinski definition) is 2. The number of hydrogen-bond acceptors (Lipinski definition) is 9. The number of thioether (sulfide) groups is 1. The molecule has 2 aromatic rings. The summed E-state index contributed by atoms with van der Waals surface area (Å²) in [4.78, 5) is 47.3. The molecule has 1 aromatic heterocycles. The predicted molar refractivity (Wildman–Crippen MR) is 157 cm³/mol. The molecule has 1 saturated carbocycles. The van der Waals surface area contributed by atoms with E-state index in [2.05, 4.69) is 25.7 Å². The van der Waals surface area contributed by atoms with Crippen LogP contribution in [0.1, 0.15) is 92.8 Å². The summed E-state index contributed by atoms with van der Waals surface area (Å²) in [5.74, 6) is -0.930. The average Bonchev–Trinajstić information content (AvgIpc) is 3.41. The number of rotatable bonds is 12. The molecule has 10 nitrogen and oxygen atoms in total. The van der Waals surface area contributed by atoms with Gasteiger partial charge >= 0.3 is 0 Å². The second-order valence-corrected chi connectivity index (χ2v) is 13.3. The summed E-state index contributed by atoms with van der Waals surface area (Å²) in [6.45, 7) is 12.0. The van der Waals surface area contributed by atoms with Crippen molar-refractivity contribution < 1.29 is 23.6 Å². The molecule has 2 aliphatic rings. The molecule has 224 valence electrons. The van der Waals surface area contributed by atoms with Gasteiger partial charge in [-0.25, -0.2) is 0 Å². The lowest BCUT2D eigenvalue weighted by molar-refractivity contribution is -0.129. The van der Waals surface area contributed by atoms with Gasteiger partial charge in [-0.1, -0.05) is 76.0 Å². The van der Waals surface area contributed by atoms with Gasteiger partial charge in [0, 0.05) is 30.4 Å². The number of ether oxygens (including phenoxy) is 1. The van der Waals surface area contributed by atoms with Crippen molar-refractivity contribution in [2.45, 2.75) is 94.8 Å². The summed E-state index contributed by atoms with van der Waals surface area (Å²) in [6.07, 6.45) is 4.07. The Kier molecular flexibility index (Phi) is 11.0. The number of Topliss-reactive ketones (excluding diaryl/α,β-unsaturated/α-hetero) is 1. The molecule has 2 N–H and O–H groups in total. The minimum absolute atomic E-state index is 0.0435. The van der Waals surface area contributed by atoms with Crippen LogP contribution in [0.5, 0.6) is 0 Å². The standard InChI is InChI=1S/C30H43N5O5S/c1-20(2)18-24(25(36)26-32-29(40-34-26)41-21(3)4)31-28(38)30(12-6-5-7-13-30)33-27(37)23-10-8-22(9-11-23)19-35-14-16-39-17-15-35/h8-11,20-21,24H,5-7,12-19H2,1-4H3,(H,31,38)(H,33,37). The third-order valence-electron chi connectivity index (χ3n) is 7.51. The second-order valence-electron chi connectivity index (χ2n) is 11.8. The van der Waals surface area contributed by atoms with Crippen LogP contribution in [0.25, 0.3) is 0 Å². The molecule has 4 rings (SSSR count). The molecule has 1 aliphatic carbocycles. The van der Waals surface area contributed by atoms with Crippen molar-refractivity contribution in [1.29, 1.82) is 0 Å². The Balaban J connectivity index is 1.46. The van der Waals surface area contributed by atoms with Gasteiger partial charge in [-0.05, 0) is 42.9 Å². The summed E-state index contributed by atoms with van der Waals surface area (Å²) >= 11 is 1.38. The molecule has 1 unspecified atom stereocenters. The topological polar surface area (TPSA) is 127 Å². The Morgan fingerprint density at radius 1 is 1.02 bits per heavy atom. The van der Waals surface area contributed by atoms with Crippen LogP contribution in [-0.2, 0) is 16.1 Å². The first-order valence-corrected chi connectivity index (χ1v) is 15.6. The minimum Gasteiger partial charge on any atom is -0.379 e. The molecule has 2 amide bonds. The molecule has 2 fully saturated rings. The van der Waals surface area contributed by atoms with Gasteiger partial charge in [-0.3, -0.25) is 19.3 Å². The quantitative estimate of drug-likeness (QED) is 0.278. The Bertz CT molecular complexity index is 1170. The Hall–Kier alpha value is -2.76. The molecular formula is C30H43N5O5S. The van der Waals surface area contributed by atoms with E-state index in [1.54, 1.807) is 0 Å². The first-order chi connectivity index (χ1) is 19.6. The van der Waals surface area contributed by atoms with E-state index in [1.165, 1.54) is 11.8 Å². The smallest absolute Gasteiger partial charge is 0.286 e. The van der Waals surface area contributed by atoms with E-state index < -0.39 is 11.6 Å². The van der Waals surface area contributed by atoms with Gasteiger partial charge < -0.3 is 19.9 Å². The zero-order valence-electron chi connectivity index (χ0n) is 24.6. The molecule has 1 aromatic carbocycles. The van der Waals surface area contributed by atoms with Gasteiger partial charge in [0.05, 0.1) is 19.3 Å². The Morgan fingerprint density at radius 2 is 1.71 bits per heavy atom. The Morgan fingerprint density at radius 3 is 2.34 bits per heavy atom. The highest BCUT2D eigenvalue weighted by Gasteiger charge is 2.43. The molecule has 2 heterocycles. The monoisotopic (exact) mass is 585 g/mol. The molecule has 1 atom stereocenters. The van der Waals surface area contributed by atoms with Crippen molar-refractivity contribution in [3.63, 3.8) is 0 Å². The van der Waals surface area contributed by atoms with Gasteiger partial charge in [0.2, 0.25) is 17.5 Å². The maximum atomic E-state index is 13.9. The largest absolute Gasteiger partial charge is 0.379 e. The van der Waals surface area contributed by atoms with Crippen molar-refractivity contribution in [3.8, 4) is 0 Å².